The van der Waals surface area contributed by atoms with E-state index < -0.39 is 5.97 Å². The van der Waals surface area contributed by atoms with Crippen LogP contribution in [0.5, 0.6) is 0 Å². The number of carboxylic acids is 1. The van der Waals surface area contributed by atoms with Crippen molar-refractivity contribution >= 4 is 66.5 Å². The molecule has 0 radical (unpaired) electrons. The molecule has 0 atom stereocenters. The van der Waals surface area contributed by atoms with Crippen LogP contribution in [0.3, 0.4) is 0 Å². The van der Waals surface area contributed by atoms with E-state index in [4.69, 9.17) is 9.84 Å². The fourth-order valence-electron chi connectivity index (χ4n) is 0.935. The zero-order valence-electron chi connectivity index (χ0n) is 11.4. The third-order valence-electron chi connectivity index (χ3n) is 1.72. The summed E-state index contributed by atoms with van der Waals surface area (Å²) in [7, 11) is 0. The number of carbonyl (C=O) groups excluding carboxylic acids is 1. The Hall–Kier alpha value is 0.120. The Kier molecular flexibility index (Phi) is 13.9. The third-order valence-corrected chi connectivity index (χ3v) is 4.81. The number of hydrogen-bond donors (Lipinski definition) is 1. The van der Waals surface area contributed by atoms with Crippen LogP contribution in [0.25, 0.3) is 0 Å². The number of nitrogens with zero attached hydrogens (tertiary/aromatic N) is 2. The molecule has 0 saturated heterocycles. The molecule has 0 spiro atoms. The molecule has 0 fully saturated rings. The van der Waals surface area contributed by atoms with E-state index in [0.717, 1.165) is 3.79 Å². The molecule has 0 aliphatic heterocycles. The minimum atomic E-state index is -0.997. The summed E-state index contributed by atoms with van der Waals surface area (Å²) in [5.41, 5.74) is 3.51. The average molecular weight is 484 g/mol. The molecule has 0 amide bonds. The number of rotatable bonds is 3. The van der Waals surface area contributed by atoms with Gasteiger partial charge in [0.1, 0.15) is 7.57 Å². The van der Waals surface area contributed by atoms with Gasteiger partial charge in [0.25, 0.3) is 0 Å². The fraction of sp³-hybridized carbons (Fsp3) is 0.200. The SMILES string of the molecule is CCOC(=O)c1ncsc1Br.O=C(O)c1ncsc1Br.[Na+].[OH-]. The van der Waals surface area contributed by atoms with Crippen molar-refractivity contribution in [3.63, 3.8) is 0 Å². The number of carbonyl (C=O) groups is 2. The Balaban J connectivity index is 0. The van der Waals surface area contributed by atoms with Crippen LogP contribution in [0.2, 0.25) is 0 Å². The van der Waals surface area contributed by atoms with Crippen molar-refractivity contribution in [3.05, 3.63) is 30.0 Å². The largest absolute Gasteiger partial charge is 1.00 e. The van der Waals surface area contributed by atoms with E-state index in [1.807, 2.05) is 0 Å². The molecule has 7 nitrogen and oxygen atoms in total. The Bertz CT molecular complexity index is 608. The van der Waals surface area contributed by atoms with Crippen LogP contribution < -0.4 is 29.6 Å². The quantitative estimate of drug-likeness (QED) is 0.499. The summed E-state index contributed by atoms with van der Waals surface area (Å²) in [4.78, 5) is 28.6. The van der Waals surface area contributed by atoms with Crippen LogP contribution in [0.4, 0.5) is 0 Å². The summed E-state index contributed by atoms with van der Waals surface area (Å²) in [6, 6.07) is 0. The summed E-state index contributed by atoms with van der Waals surface area (Å²) in [5, 5.41) is 8.37. The summed E-state index contributed by atoms with van der Waals surface area (Å²) < 4.78 is 6.03. The number of esters is 1. The van der Waals surface area contributed by atoms with Crippen LogP contribution in [-0.4, -0.2) is 39.1 Å². The second kappa shape index (κ2) is 12.5. The van der Waals surface area contributed by atoms with Crippen molar-refractivity contribution in [2.75, 3.05) is 6.61 Å². The van der Waals surface area contributed by atoms with Gasteiger partial charge in [0.15, 0.2) is 11.4 Å². The second-order valence-corrected chi connectivity index (χ2v) is 7.32. The number of halogens is 2. The Labute approximate surface area is 173 Å². The van der Waals surface area contributed by atoms with E-state index in [9.17, 15) is 9.59 Å². The number of hydrogen-bond acceptors (Lipinski definition) is 8. The minimum Gasteiger partial charge on any atom is -0.870 e. The van der Waals surface area contributed by atoms with Crippen LogP contribution in [0.1, 0.15) is 27.9 Å². The van der Waals surface area contributed by atoms with Gasteiger partial charge in [-0.2, -0.15) is 0 Å². The molecule has 2 aromatic rings. The van der Waals surface area contributed by atoms with E-state index in [0.29, 0.717) is 16.1 Å². The van der Waals surface area contributed by atoms with Crippen LogP contribution in [0.15, 0.2) is 18.6 Å². The molecule has 2 aromatic heterocycles. The number of ether oxygens (including phenoxy) is 1. The number of thiazole rings is 2. The molecule has 0 aromatic carbocycles. The number of aromatic carboxylic acids is 1. The first kappa shape index (κ1) is 24.4. The first-order chi connectivity index (χ1) is 9.47. The Morgan fingerprint density at radius 2 is 1.64 bits per heavy atom. The van der Waals surface area contributed by atoms with Crippen molar-refractivity contribution in [2.45, 2.75) is 6.92 Å². The van der Waals surface area contributed by atoms with Gasteiger partial charge in [-0.05, 0) is 38.8 Å². The molecule has 12 heteroatoms. The molecule has 2 rings (SSSR count). The molecule has 2 heterocycles. The van der Waals surface area contributed by atoms with Gasteiger partial charge in [-0.1, -0.05) is 0 Å². The monoisotopic (exact) mass is 482 g/mol. The molecular weight excluding hydrogens is 475 g/mol. The van der Waals surface area contributed by atoms with E-state index in [-0.39, 0.29) is 46.7 Å². The summed E-state index contributed by atoms with van der Waals surface area (Å²) in [6.07, 6.45) is 0. The van der Waals surface area contributed by atoms with Gasteiger partial charge in [-0.15, -0.1) is 22.7 Å². The molecule has 0 saturated carbocycles. The molecule has 0 aliphatic carbocycles. The van der Waals surface area contributed by atoms with Gasteiger partial charge in [0, 0.05) is 0 Å². The second-order valence-electron chi connectivity index (χ2n) is 2.97. The van der Waals surface area contributed by atoms with E-state index >= 15 is 0 Å². The zero-order chi connectivity index (χ0) is 15.1. The van der Waals surface area contributed by atoms with Crippen molar-refractivity contribution in [3.8, 4) is 0 Å². The standard InChI is InChI=1S/C6H6BrNO2S.C4H2BrNO2S.Na.H2O/c1-2-10-6(9)4-5(7)11-3-8-4;5-3-2(4(7)8)6-1-9-3;;/h3H,2H2,1H3;1H,(H,7,8);;1H2/q;;+1;/p-1. The zero-order valence-corrected chi connectivity index (χ0v) is 18.3. The number of carboxylic acid groups (broad SMARTS) is 1. The first-order valence-electron chi connectivity index (χ1n) is 5.05. The van der Waals surface area contributed by atoms with Crippen LogP contribution >= 0.6 is 54.5 Å². The maximum atomic E-state index is 11.0. The van der Waals surface area contributed by atoms with Crippen molar-refractivity contribution in [2.24, 2.45) is 0 Å². The van der Waals surface area contributed by atoms with Gasteiger partial charge in [-0.25, -0.2) is 19.6 Å². The Morgan fingerprint density at radius 1 is 1.18 bits per heavy atom. The maximum absolute atomic E-state index is 11.0. The maximum Gasteiger partial charge on any atom is 1.00 e. The molecule has 0 bridgehead atoms. The van der Waals surface area contributed by atoms with E-state index in [1.54, 1.807) is 12.4 Å². The fourth-order valence-corrected chi connectivity index (χ4v) is 2.97. The molecule has 116 valence electrons. The van der Waals surface area contributed by atoms with E-state index in [2.05, 4.69) is 41.8 Å². The number of aromatic nitrogens is 2. The van der Waals surface area contributed by atoms with Crippen molar-refractivity contribution < 1.29 is 54.5 Å². The average Bonchev–Trinajstić information content (AvgIpc) is 2.98. The van der Waals surface area contributed by atoms with Gasteiger partial charge in [0.05, 0.1) is 17.6 Å². The predicted molar refractivity (Wildman–Crippen MR) is 84.5 cm³/mol. The van der Waals surface area contributed by atoms with Crippen LogP contribution in [-0.2, 0) is 4.74 Å². The minimum absolute atomic E-state index is 0. The van der Waals surface area contributed by atoms with E-state index in [1.165, 1.54) is 28.2 Å². The third kappa shape index (κ3) is 7.59. The Morgan fingerprint density at radius 3 is 1.91 bits per heavy atom. The molecule has 2 N–H and O–H groups in total. The summed E-state index contributed by atoms with van der Waals surface area (Å²) >= 11 is 8.85. The van der Waals surface area contributed by atoms with Crippen molar-refractivity contribution in [1.29, 1.82) is 0 Å². The summed E-state index contributed by atoms with van der Waals surface area (Å²) in [6.45, 7) is 2.14. The van der Waals surface area contributed by atoms with Gasteiger partial charge in [-0.3, -0.25) is 0 Å². The molecular formula is C10H9Br2N2NaO5S2. The van der Waals surface area contributed by atoms with Crippen molar-refractivity contribution in [1.82, 2.24) is 9.97 Å². The smallest absolute Gasteiger partial charge is 0.870 e. The normalized spacial score (nSPS) is 8.68. The molecule has 22 heavy (non-hydrogen) atoms. The molecule has 0 unspecified atom stereocenters. The predicted octanol–water partition coefficient (Wildman–Crippen LogP) is 0.513. The van der Waals surface area contributed by atoms with Gasteiger partial charge < -0.3 is 15.3 Å². The van der Waals surface area contributed by atoms with Crippen LogP contribution in [0, 0.1) is 0 Å². The van der Waals surface area contributed by atoms with Gasteiger partial charge in [0.2, 0.25) is 0 Å². The topological polar surface area (TPSA) is 119 Å². The first-order valence-corrected chi connectivity index (χ1v) is 8.40. The summed E-state index contributed by atoms with van der Waals surface area (Å²) in [5.74, 6) is -1.37. The van der Waals surface area contributed by atoms with Gasteiger partial charge >= 0.3 is 41.5 Å². The molecule has 0 aliphatic rings.